The fourth-order valence-electron chi connectivity index (χ4n) is 2.25. The summed E-state index contributed by atoms with van der Waals surface area (Å²) in [6.07, 6.45) is 5.41. The van der Waals surface area contributed by atoms with Crippen LogP contribution in [0.1, 0.15) is 6.92 Å². The van der Waals surface area contributed by atoms with Crippen LogP contribution in [0.4, 0.5) is 11.4 Å². The van der Waals surface area contributed by atoms with Crippen molar-refractivity contribution in [1.82, 2.24) is 0 Å². The molecule has 1 aliphatic heterocycles. The Morgan fingerprint density at radius 3 is 2.88 bits per heavy atom. The fourth-order valence-corrected chi connectivity index (χ4v) is 2.25. The number of fused-ring (bicyclic) bond motifs is 2. The average molecular weight is 227 g/mol. The third-order valence-electron chi connectivity index (χ3n) is 3.10. The van der Waals surface area contributed by atoms with E-state index < -0.39 is 0 Å². The topological polar surface area (TPSA) is 52.4 Å². The van der Waals surface area contributed by atoms with Gasteiger partial charge in [0.15, 0.2) is 0 Å². The lowest BCUT2D eigenvalue weighted by atomic mass is 9.95. The molecular formula is C13H11N2O2-. The third kappa shape index (κ3) is 1.31. The van der Waals surface area contributed by atoms with Gasteiger partial charge in [0.2, 0.25) is 11.4 Å². The van der Waals surface area contributed by atoms with E-state index in [0.29, 0.717) is 22.8 Å². The van der Waals surface area contributed by atoms with Gasteiger partial charge in [-0.25, -0.2) is 0 Å². The second kappa shape index (κ2) is 3.46. The summed E-state index contributed by atoms with van der Waals surface area (Å²) in [5.74, 6) is -0.0442. The molecule has 0 fully saturated rings. The van der Waals surface area contributed by atoms with Crippen molar-refractivity contribution in [2.24, 2.45) is 5.92 Å². The molecule has 4 nitrogen and oxygen atoms in total. The molecule has 0 amide bonds. The van der Waals surface area contributed by atoms with E-state index in [1.54, 1.807) is 30.3 Å². The molecule has 1 atom stereocenters. The van der Waals surface area contributed by atoms with Crippen LogP contribution in [0.3, 0.4) is 0 Å². The lowest BCUT2D eigenvalue weighted by Crippen LogP contribution is -2.35. The largest absolute Gasteiger partial charge is 0.753 e. The number of hydrogen-bond acceptors (Lipinski definition) is 3. The molecule has 0 N–H and O–H groups in total. The Kier molecular flexibility index (Phi) is 2.06. The second-order valence-corrected chi connectivity index (χ2v) is 4.19. The van der Waals surface area contributed by atoms with E-state index in [1.165, 1.54) is 0 Å². The Bertz CT molecular complexity index is 573. The maximum Gasteiger partial charge on any atom is 0.239 e. The first-order valence-corrected chi connectivity index (χ1v) is 5.49. The van der Waals surface area contributed by atoms with Gasteiger partial charge in [0.25, 0.3) is 0 Å². The number of hydrogen-bond donors (Lipinski definition) is 0. The quantitative estimate of drug-likeness (QED) is 0.505. The van der Waals surface area contributed by atoms with Gasteiger partial charge in [-0.1, -0.05) is 24.3 Å². The first-order valence-electron chi connectivity index (χ1n) is 5.49. The zero-order valence-electron chi connectivity index (χ0n) is 9.33. The molecule has 0 aromatic heterocycles. The van der Waals surface area contributed by atoms with Crippen LogP contribution in [0.15, 0.2) is 48.2 Å². The molecule has 17 heavy (non-hydrogen) atoms. The Morgan fingerprint density at radius 2 is 2.06 bits per heavy atom. The fraction of sp³-hybridized carbons (Fsp3) is 0.154. The molecule has 0 saturated carbocycles. The van der Waals surface area contributed by atoms with Crippen molar-refractivity contribution in [3.8, 4) is 0 Å². The molecule has 1 aromatic carbocycles. The number of benzene rings is 1. The number of hydroxylamine groups is 1. The number of nitrogens with zero attached hydrogens (tertiary/aromatic N) is 2. The van der Waals surface area contributed by atoms with E-state index >= 15 is 0 Å². The van der Waals surface area contributed by atoms with Crippen LogP contribution in [0.25, 0.3) is 0 Å². The van der Waals surface area contributed by atoms with Crippen molar-refractivity contribution in [3.63, 3.8) is 0 Å². The van der Waals surface area contributed by atoms with Gasteiger partial charge >= 0.3 is 0 Å². The standard InChI is InChI=1S/C13H11N2O2/c1-9-5-4-8-12-13(9)15(17)11-7-3-2-6-10(11)14(12)16/h2-9H,1H3/q-1. The zero-order chi connectivity index (χ0) is 12.0. The Labute approximate surface area is 99.0 Å². The first-order chi connectivity index (χ1) is 8.20. The molecule has 3 rings (SSSR count). The highest BCUT2D eigenvalue weighted by atomic mass is 16.5. The summed E-state index contributed by atoms with van der Waals surface area (Å²) in [6.45, 7) is 1.91. The molecule has 1 heterocycles. The van der Waals surface area contributed by atoms with Gasteiger partial charge in [0, 0.05) is 6.07 Å². The summed E-state index contributed by atoms with van der Waals surface area (Å²) in [4.78, 5) is 0. The lowest BCUT2D eigenvalue weighted by molar-refractivity contribution is -0.363. The van der Waals surface area contributed by atoms with Crippen molar-refractivity contribution in [1.29, 1.82) is 0 Å². The molecule has 1 unspecified atom stereocenters. The zero-order valence-corrected chi connectivity index (χ0v) is 9.33. The van der Waals surface area contributed by atoms with Crippen LogP contribution < -0.4 is 5.06 Å². The van der Waals surface area contributed by atoms with E-state index in [0.717, 1.165) is 9.80 Å². The molecule has 1 aliphatic carbocycles. The van der Waals surface area contributed by atoms with Gasteiger partial charge in [-0.05, 0) is 19.1 Å². The van der Waals surface area contributed by atoms with E-state index in [4.69, 9.17) is 0 Å². The summed E-state index contributed by atoms with van der Waals surface area (Å²) in [7, 11) is 0. The highest BCUT2D eigenvalue weighted by Crippen LogP contribution is 2.37. The minimum atomic E-state index is -0.0442. The van der Waals surface area contributed by atoms with Crippen LogP contribution in [-0.4, -0.2) is 10.5 Å². The molecule has 0 radical (unpaired) electrons. The van der Waals surface area contributed by atoms with Crippen molar-refractivity contribution in [2.75, 3.05) is 5.06 Å². The van der Waals surface area contributed by atoms with Gasteiger partial charge in [-0.3, -0.25) is 0 Å². The smallest absolute Gasteiger partial charge is 0.239 e. The van der Waals surface area contributed by atoms with Crippen LogP contribution >= 0.6 is 0 Å². The molecule has 0 saturated heterocycles. The average Bonchev–Trinajstić information content (AvgIpc) is 2.36. The van der Waals surface area contributed by atoms with Gasteiger partial charge in [0.05, 0.1) is 5.92 Å². The molecule has 0 spiro atoms. The van der Waals surface area contributed by atoms with Crippen LogP contribution in [0, 0.1) is 16.3 Å². The first kappa shape index (κ1) is 10.1. The monoisotopic (exact) mass is 227 g/mol. The van der Waals surface area contributed by atoms with E-state index in [1.807, 2.05) is 19.1 Å². The SMILES string of the molecule is CC1C=CC=C2C1=[N+]([O-])c1ccccc1N2[O-]. The van der Waals surface area contributed by atoms with Crippen LogP contribution in [0.2, 0.25) is 0 Å². The highest BCUT2D eigenvalue weighted by molar-refractivity contribution is 6.06. The second-order valence-electron chi connectivity index (χ2n) is 4.19. The number of allylic oxidation sites excluding steroid dienone is 4. The summed E-state index contributed by atoms with van der Waals surface area (Å²) in [5, 5.41) is 25.2. The van der Waals surface area contributed by atoms with Crippen molar-refractivity contribution in [2.45, 2.75) is 6.92 Å². The molecule has 86 valence electrons. The lowest BCUT2D eigenvalue weighted by Gasteiger charge is -2.38. The van der Waals surface area contributed by atoms with Gasteiger partial charge < -0.3 is 15.5 Å². The van der Waals surface area contributed by atoms with Crippen LogP contribution in [-0.2, 0) is 0 Å². The Morgan fingerprint density at radius 1 is 1.29 bits per heavy atom. The normalized spacial score (nSPS) is 22.1. The molecule has 0 bridgehead atoms. The van der Waals surface area contributed by atoms with Crippen molar-refractivity contribution >= 4 is 17.1 Å². The molecule has 4 heteroatoms. The highest BCUT2D eigenvalue weighted by Gasteiger charge is 2.32. The summed E-state index contributed by atoms with van der Waals surface area (Å²) >= 11 is 0. The molecular weight excluding hydrogens is 216 g/mol. The van der Waals surface area contributed by atoms with Gasteiger partial charge in [-0.15, -0.1) is 0 Å². The van der Waals surface area contributed by atoms with Crippen molar-refractivity contribution < 1.29 is 4.74 Å². The third-order valence-corrected chi connectivity index (χ3v) is 3.10. The maximum atomic E-state index is 12.2. The predicted molar refractivity (Wildman–Crippen MR) is 67.0 cm³/mol. The minimum absolute atomic E-state index is 0.0442. The minimum Gasteiger partial charge on any atom is -0.753 e. The molecule has 2 aliphatic rings. The summed E-state index contributed by atoms with van der Waals surface area (Å²) in [6, 6.07) is 6.84. The number of rotatable bonds is 0. The molecule has 1 aromatic rings. The van der Waals surface area contributed by atoms with E-state index in [2.05, 4.69) is 0 Å². The van der Waals surface area contributed by atoms with Crippen LogP contribution in [0.5, 0.6) is 0 Å². The summed E-state index contributed by atoms with van der Waals surface area (Å²) in [5.41, 5.74) is 1.77. The predicted octanol–water partition coefficient (Wildman–Crippen LogP) is 2.68. The Balaban J connectivity index is 2.30. The van der Waals surface area contributed by atoms with E-state index in [9.17, 15) is 10.4 Å². The maximum absolute atomic E-state index is 12.2. The van der Waals surface area contributed by atoms with Crippen molar-refractivity contribution in [3.05, 3.63) is 58.6 Å². The summed E-state index contributed by atoms with van der Waals surface area (Å²) < 4.78 is 0.865. The Hall–Kier alpha value is -2.07. The van der Waals surface area contributed by atoms with Gasteiger partial charge in [-0.2, -0.15) is 4.74 Å². The number of para-hydroxylation sites is 2. The van der Waals surface area contributed by atoms with Gasteiger partial charge in [0.1, 0.15) is 11.4 Å². The van der Waals surface area contributed by atoms with E-state index in [-0.39, 0.29) is 5.92 Å². The number of anilines is 1.